The number of carbonyl (C=O) groups excluding carboxylic acids is 2. The third-order valence-corrected chi connectivity index (χ3v) is 8.84. The number of rotatable bonds is 6. The van der Waals surface area contributed by atoms with Gasteiger partial charge in [0.1, 0.15) is 11.3 Å². The van der Waals surface area contributed by atoms with Gasteiger partial charge in [-0.05, 0) is 87.1 Å². The number of anilines is 1. The zero-order valence-electron chi connectivity index (χ0n) is 25.6. The molecule has 0 spiro atoms. The van der Waals surface area contributed by atoms with Gasteiger partial charge in [-0.3, -0.25) is 19.9 Å². The van der Waals surface area contributed by atoms with Gasteiger partial charge in [0.25, 0.3) is 5.91 Å². The van der Waals surface area contributed by atoms with E-state index in [0.717, 1.165) is 54.6 Å². The molecule has 2 aromatic heterocycles. The van der Waals surface area contributed by atoms with Gasteiger partial charge in [0.2, 0.25) is 11.9 Å². The number of amides is 2. The lowest BCUT2D eigenvalue weighted by Crippen LogP contribution is -2.34. The molecule has 224 valence electrons. The highest BCUT2D eigenvalue weighted by Crippen LogP contribution is 2.40. The number of benzene rings is 1. The Bertz CT molecular complexity index is 1440. The van der Waals surface area contributed by atoms with Crippen molar-refractivity contribution in [3.8, 4) is 5.75 Å². The Hall–Kier alpha value is -3.68. The van der Waals surface area contributed by atoms with E-state index in [1.165, 1.54) is 25.3 Å². The van der Waals surface area contributed by atoms with Crippen LogP contribution in [0.5, 0.6) is 5.75 Å². The first-order valence-electron chi connectivity index (χ1n) is 15.5. The van der Waals surface area contributed by atoms with Crippen molar-refractivity contribution in [2.75, 3.05) is 18.4 Å². The Morgan fingerprint density at radius 2 is 2.00 bits per heavy atom. The van der Waals surface area contributed by atoms with E-state index in [1.54, 1.807) is 18.3 Å². The maximum absolute atomic E-state index is 13.4. The Labute approximate surface area is 249 Å². The number of imidazole rings is 1. The van der Waals surface area contributed by atoms with E-state index < -0.39 is 0 Å². The largest absolute Gasteiger partial charge is 0.488 e. The second-order valence-corrected chi connectivity index (χ2v) is 13.0. The van der Waals surface area contributed by atoms with Gasteiger partial charge in [-0.25, -0.2) is 4.98 Å². The number of aryl methyl sites for hydroxylation is 1. The first kappa shape index (κ1) is 29.8. The highest BCUT2D eigenvalue weighted by Gasteiger charge is 2.31. The number of likely N-dealkylation sites (tertiary alicyclic amines) is 1. The van der Waals surface area contributed by atoms with Gasteiger partial charge in [-0.1, -0.05) is 46.3 Å². The lowest BCUT2D eigenvalue weighted by Gasteiger charge is -2.34. The van der Waals surface area contributed by atoms with E-state index in [4.69, 9.17) is 9.72 Å². The van der Waals surface area contributed by atoms with Crippen molar-refractivity contribution in [3.05, 3.63) is 60.4 Å². The standard InChI is InChI=1S/C34H45N5O3/c1-6-30(40)38-18-8-7-12-26(22-38)39-31-28(36-33(39)37-32(41)25-15-17-35-24(3)20-25)13-9-14-29(31)42-27-19-23(2)11-10-16-34(4,5)21-27/h6,9,13-15,17,20,23,26-27H,1,7-8,10-12,16,18-19,21-22H2,2-5H3,(H,36,37,41)/t23?,26-,27-/m1/s1. The Balaban J connectivity index is 1.58. The molecule has 1 aliphatic heterocycles. The van der Waals surface area contributed by atoms with Gasteiger partial charge < -0.3 is 14.2 Å². The van der Waals surface area contributed by atoms with Crippen molar-refractivity contribution in [2.45, 2.75) is 91.2 Å². The third kappa shape index (κ3) is 6.85. The fraction of sp³-hybridized carbons (Fsp3) is 0.529. The number of aromatic nitrogens is 3. The third-order valence-electron chi connectivity index (χ3n) is 8.84. The van der Waals surface area contributed by atoms with Crippen LogP contribution < -0.4 is 10.1 Å². The number of hydrogen-bond acceptors (Lipinski definition) is 5. The molecule has 5 rings (SSSR count). The Morgan fingerprint density at radius 3 is 2.79 bits per heavy atom. The van der Waals surface area contributed by atoms with Crippen LogP contribution in [0.3, 0.4) is 0 Å². The van der Waals surface area contributed by atoms with Crippen LogP contribution >= 0.6 is 0 Å². The van der Waals surface area contributed by atoms with Crippen molar-refractivity contribution in [2.24, 2.45) is 11.3 Å². The summed E-state index contributed by atoms with van der Waals surface area (Å²) >= 11 is 0. The van der Waals surface area contributed by atoms with E-state index in [2.05, 4.69) is 42.2 Å². The van der Waals surface area contributed by atoms with Crippen LogP contribution in [0.25, 0.3) is 11.0 Å². The number of nitrogens with zero attached hydrogens (tertiary/aromatic N) is 4. The number of hydrogen-bond donors (Lipinski definition) is 1. The molecule has 2 fully saturated rings. The van der Waals surface area contributed by atoms with Crippen LogP contribution in [0.4, 0.5) is 5.95 Å². The molecule has 1 saturated heterocycles. The smallest absolute Gasteiger partial charge is 0.258 e. The lowest BCUT2D eigenvalue weighted by molar-refractivity contribution is -0.126. The fourth-order valence-corrected chi connectivity index (χ4v) is 6.74. The van der Waals surface area contributed by atoms with E-state index in [1.807, 2.05) is 30.0 Å². The highest BCUT2D eigenvalue weighted by atomic mass is 16.5. The quantitative estimate of drug-likeness (QED) is 0.319. The number of carbonyl (C=O) groups is 2. The topological polar surface area (TPSA) is 89.4 Å². The van der Waals surface area contributed by atoms with Crippen LogP contribution in [0.1, 0.15) is 94.2 Å². The number of pyridine rings is 1. The van der Waals surface area contributed by atoms with E-state index in [-0.39, 0.29) is 29.4 Å². The summed E-state index contributed by atoms with van der Waals surface area (Å²) in [5.41, 5.74) is 3.12. The maximum atomic E-state index is 13.4. The van der Waals surface area contributed by atoms with Crippen molar-refractivity contribution in [1.82, 2.24) is 19.4 Å². The van der Waals surface area contributed by atoms with Crippen molar-refractivity contribution in [3.63, 3.8) is 0 Å². The van der Waals surface area contributed by atoms with Crippen molar-refractivity contribution in [1.29, 1.82) is 0 Å². The zero-order valence-corrected chi connectivity index (χ0v) is 25.6. The molecular weight excluding hydrogens is 526 g/mol. The molecule has 1 aliphatic carbocycles. The molecular formula is C34H45N5O3. The fourth-order valence-electron chi connectivity index (χ4n) is 6.74. The summed E-state index contributed by atoms with van der Waals surface area (Å²) < 4.78 is 9.02. The summed E-state index contributed by atoms with van der Waals surface area (Å²) in [5, 5.41) is 3.09. The minimum absolute atomic E-state index is 0.0774. The second kappa shape index (κ2) is 12.7. The zero-order chi connectivity index (χ0) is 29.9. The van der Waals surface area contributed by atoms with Gasteiger partial charge in [-0.15, -0.1) is 0 Å². The summed E-state index contributed by atoms with van der Waals surface area (Å²) in [5.74, 6) is 1.51. The Kier molecular flexibility index (Phi) is 8.99. The van der Waals surface area contributed by atoms with Crippen LogP contribution in [-0.4, -0.2) is 50.4 Å². The molecule has 1 aromatic carbocycles. The van der Waals surface area contributed by atoms with Crippen molar-refractivity contribution < 1.29 is 14.3 Å². The Morgan fingerprint density at radius 1 is 1.17 bits per heavy atom. The minimum atomic E-state index is -0.247. The van der Waals surface area contributed by atoms with E-state index in [0.29, 0.717) is 30.5 Å². The maximum Gasteiger partial charge on any atom is 0.258 e. The molecule has 1 unspecified atom stereocenters. The number of nitrogens with one attached hydrogen (secondary N) is 1. The monoisotopic (exact) mass is 571 g/mol. The first-order chi connectivity index (χ1) is 20.1. The normalized spacial score (nSPS) is 23.0. The van der Waals surface area contributed by atoms with Gasteiger partial charge in [0.15, 0.2) is 0 Å². The van der Waals surface area contributed by atoms with Crippen LogP contribution in [0, 0.1) is 18.3 Å². The summed E-state index contributed by atoms with van der Waals surface area (Å²) in [6.07, 6.45) is 11.5. The average Bonchev–Trinajstić information content (AvgIpc) is 3.13. The summed E-state index contributed by atoms with van der Waals surface area (Å²) in [6.45, 7) is 13.8. The number of ether oxygens (including phenoxy) is 1. The number of fused-ring (bicyclic) bond motifs is 1. The van der Waals surface area contributed by atoms with Gasteiger partial charge in [0.05, 0.1) is 17.7 Å². The molecule has 0 radical (unpaired) electrons. The molecule has 2 amide bonds. The van der Waals surface area contributed by atoms with E-state index in [9.17, 15) is 9.59 Å². The van der Waals surface area contributed by atoms with Gasteiger partial charge >= 0.3 is 0 Å². The molecule has 3 heterocycles. The predicted octanol–water partition coefficient (Wildman–Crippen LogP) is 7.11. The SMILES string of the molecule is C=CC(=O)N1CCCC[C@@H](n2c(NC(=O)c3ccnc(C)c3)nc3cccc(O[C@@H]4CC(C)CCCC(C)(C)C4)c32)C1. The second-order valence-electron chi connectivity index (χ2n) is 13.0. The van der Waals surface area contributed by atoms with Crippen LogP contribution in [-0.2, 0) is 4.79 Å². The molecule has 1 N–H and O–H groups in total. The molecule has 0 bridgehead atoms. The summed E-state index contributed by atoms with van der Waals surface area (Å²) in [7, 11) is 0. The van der Waals surface area contributed by atoms with E-state index >= 15 is 0 Å². The van der Waals surface area contributed by atoms with Crippen LogP contribution in [0.15, 0.2) is 49.2 Å². The van der Waals surface area contributed by atoms with Gasteiger partial charge in [0, 0.05) is 30.5 Å². The minimum Gasteiger partial charge on any atom is -0.488 e. The summed E-state index contributed by atoms with van der Waals surface area (Å²) in [6, 6.07) is 9.36. The lowest BCUT2D eigenvalue weighted by atomic mass is 9.76. The number of para-hydroxylation sites is 1. The molecule has 8 heteroatoms. The molecule has 3 atom stereocenters. The van der Waals surface area contributed by atoms with Crippen molar-refractivity contribution >= 4 is 28.8 Å². The van der Waals surface area contributed by atoms with Gasteiger partial charge in [-0.2, -0.15) is 0 Å². The average molecular weight is 572 g/mol. The van der Waals surface area contributed by atoms with Crippen LogP contribution in [0.2, 0.25) is 0 Å². The molecule has 42 heavy (non-hydrogen) atoms. The highest BCUT2D eigenvalue weighted by molar-refractivity contribution is 6.04. The molecule has 2 aliphatic rings. The predicted molar refractivity (Wildman–Crippen MR) is 167 cm³/mol. The summed E-state index contributed by atoms with van der Waals surface area (Å²) in [4.78, 5) is 37.2. The molecule has 3 aromatic rings. The molecule has 1 saturated carbocycles. The molecule has 8 nitrogen and oxygen atoms in total. The first-order valence-corrected chi connectivity index (χ1v) is 15.5.